The van der Waals surface area contributed by atoms with Gasteiger partial charge in [-0.15, -0.1) is 0 Å². The predicted octanol–water partition coefficient (Wildman–Crippen LogP) is 5.06. The SMILES string of the molecule is CC(C)(C)C(=O)Cc1cc(-c2ccccc2)nc2ccccc12. The van der Waals surface area contributed by atoms with E-state index >= 15 is 0 Å². The van der Waals surface area contributed by atoms with Gasteiger partial charge < -0.3 is 0 Å². The lowest BCUT2D eigenvalue weighted by atomic mass is 9.86. The number of para-hydroxylation sites is 1. The first-order valence-electron chi connectivity index (χ1n) is 7.92. The van der Waals surface area contributed by atoms with Crippen molar-refractivity contribution in [2.75, 3.05) is 0 Å². The van der Waals surface area contributed by atoms with Crippen LogP contribution in [0, 0.1) is 5.41 Å². The molecule has 1 heterocycles. The van der Waals surface area contributed by atoms with Gasteiger partial charge in [-0.05, 0) is 17.7 Å². The Morgan fingerprint density at radius 2 is 1.61 bits per heavy atom. The minimum Gasteiger partial charge on any atom is -0.299 e. The van der Waals surface area contributed by atoms with E-state index in [1.54, 1.807) is 0 Å². The molecule has 0 fully saturated rings. The number of fused-ring (bicyclic) bond motifs is 1. The van der Waals surface area contributed by atoms with E-state index in [9.17, 15) is 4.79 Å². The second kappa shape index (κ2) is 5.96. The molecular formula is C21H21NO. The van der Waals surface area contributed by atoms with Crippen LogP contribution in [0.1, 0.15) is 26.3 Å². The van der Waals surface area contributed by atoms with Crippen LogP contribution in [0.5, 0.6) is 0 Å². The number of nitrogens with zero attached hydrogens (tertiary/aromatic N) is 1. The molecule has 0 saturated carbocycles. The molecule has 0 spiro atoms. The molecule has 0 amide bonds. The predicted molar refractivity (Wildman–Crippen MR) is 95.3 cm³/mol. The van der Waals surface area contributed by atoms with Crippen molar-refractivity contribution in [3.63, 3.8) is 0 Å². The Morgan fingerprint density at radius 3 is 2.30 bits per heavy atom. The summed E-state index contributed by atoms with van der Waals surface area (Å²) in [6.07, 6.45) is 0.437. The molecule has 0 N–H and O–H groups in total. The van der Waals surface area contributed by atoms with Gasteiger partial charge in [0.2, 0.25) is 0 Å². The number of Topliss-reactive ketones (excluding diaryl/α,β-unsaturated/α-hetero) is 1. The van der Waals surface area contributed by atoms with E-state index in [0.29, 0.717) is 6.42 Å². The highest BCUT2D eigenvalue weighted by Crippen LogP contribution is 2.27. The first kappa shape index (κ1) is 15.4. The molecule has 0 aliphatic heterocycles. The average molecular weight is 303 g/mol. The molecule has 2 aromatic carbocycles. The topological polar surface area (TPSA) is 30.0 Å². The van der Waals surface area contributed by atoms with Gasteiger partial charge in [0.15, 0.2) is 0 Å². The maximum absolute atomic E-state index is 12.5. The smallest absolute Gasteiger partial charge is 0.142 e. The fourth-order valence-corrected chi connectivity index (χ4v) is 2.59. The third-order valence-electron chi connectivity index (χ3n) is 4.06. The molecule has 2 heteroatoms. The number of ketones is 1. The van der Waals surface area contributed by atoms with Gasteiger partial charge >= 0.3 is 0 Å². The third kappa shape index (κ3) is 3.31. The zero-order chi connectivity index (χ0) is 16.4. The zero-order valence-electron chi connectivity index (χ0n) is 13.8. The Kier molecular flexibility index (Phi) is 3.99. The van der Waals surface area contributed by atoms with Gasteiger partial charge in [0.25, 0.3) is 0 Å². The van der Waals surface area contributed by atoms with Gasteiger partial charge in [0.1, 0.15) is 5.78 Å². The van der Waals surface area contributed by atoms with Crippen molar-refractivity contribution in [2.24, 2.45) is 5.41 Å². The molecule has 0 unspecified atom stereocenters. The highest BCUT2D eigenvalue weighted by molar-refractivity contribution is 5.92. The van der Waals surface area contributed by atoms with Crippen LogP contribution in [0.15, 0.2) is 60.7 Å². The summed E-state index contributed by atoms with van der Waals surface area (Å²) in [7, 11) is 0. The highest BCUT2D eigenvalue weighted by atomic mass is 16.1. The first-order chi connectivity index (χ1) is 10.9. The Morgan fingerprint density at radius 1 is 0.957 bits per heavy atom. The standard InChI is InChI=1S/C21H21NO/c1-21(2,3)20(23)14-16-13-19(15-9-5-4-6-10-15)22-18-12-8-7-11-17(16)18/h4-13H,14H2,1-3H3. The summed E-state index contributed by atoms with van der Waals surface area (Å²) >= 11 is 0. The first-order valence-corrected chi connectivity index (χ1v) is 7.92. The molecule has 116 valence electrons. The Hall–Kier alpha value is -2.48. The number of carbonyl (C=O) groups excluding carboxylic acids is 1. The summed E-state index contributed by atoms with van der Waals surface area (Å²) in [5, 5.41) is 1.06. The second-order valence-electron chi connectivity index (χ2n) is 6.90. The third-order valence-corrected chi connectivity index (χ3v) is 4.06. The van der Waals surface area contributed by atoms with Gasteiger partial charge in [0.05, 0.1) is 11.2 Å². The molecule has 23 heavy (non-hydrogen) atoms. The van der Waals surface area contributed by atoms with Gasteiger partial charge in [-0.1, -0.05) is 69.3 Å². The average Bonchev–Trinajstić information content (AvgIpc) is 2.54. The van der Waals surface area contributed by atoms with Crippen molar-refractivity contribution in [2.45, 2.75) is 27.2 Å². The molecule has 0 aliphatic rings. The largest absolute Gasteiger partial charge is 0.299 e. The lowest BCUT2D eigenvalue weighted by molar-refractivity contribution is -0.125. The Labute approximate surface area is 137 Å². The summed E-state index contributed by atoms with van der Waals surface area (Å²) in [6.45, 7) is 5.91. The molecule has 0 radical (unpaired) electrons. The molecule has 2 nitrogen and oxygen atoms in total. The van der Waals surface area contributed by atoms with Gasteiger partial charge in [-0.2, -0.15) is 0 Å². The molecule has 0 aliphatic carbocycles. The van der Waals surface area contributed by atoms with E-state index in [4.69, 9.17) is 4.98 Å². The molecular weight excluding hydrogens is 282 g/mol. The van der Waals surface area contributed by atoms with Crippen LogP contribution in [-0.2, 0) is 11.2 Å². The van der Waals surface area contributed by atoms with Crippen molar-refractivity contribution in [3.05, 3.63) is 66.2 Å². The lowest BCUT2D eigenvalue weighted by Gasteiger charge is -2.17. The normalized spacial score (nSPS) is 11.6. The number of hydrogen-bond acceptors (Lipinski definition) is 2. The molecule has 0 atom stereocenters. The van der Waals surface area contributed by atoms with E-state index in [0.717, 1.165) is 27.7 Å². The van der Waals surface area contributed by atoms with Crippen LogP contribution in [-0.4, -0.2) is 10.8 Å². The van der Waals surface area contributed by atoms with Gasteiger partial charge in [0, 0.05) is 22.8 Å². The fourth-order valence-electron chi connectivity index (χ4n) is 2.59. The van der Waals surface area contributed by atoms with E-state index < -0.39 is 0 Å². The Balaban J connectivity index is 2.13. The minimum atomic E-state index is -0.336. The van der Waals surface area contributed by atoms with Crippen LogP contribution >= 0.6 is 0 Å². The molecule has 0 bridgehead atoms. The van der Waals surface area contributed by atoms with Crippen molar-refractivity contribution in [3.8, 4) is 11.3 Å². The van der Waals surface area contributed by atoms with Crippen LogP contribution in [0.3, 0.4) is 0 Å². The molecule has 3 aromatic rings. The van der Waals surface area contributed by atoms with E-state index in [-0.39, 0.29) is 11.2 Å². The number of benzene rings is 2. The monoisotopic (exact) mass is 303 g/mol. The summed E-state index contributed by atoms with van der Waals surface area (Å²) in [5.74, 6) is 0.243. The molecule has 3 rings (SSSR count). The summed E-state index contributed by atoms with van der Waals surface area (Å²) < 4.78 is 0. The van der Waals surface area contributed by atoms with E-state index in [1.165, 1.54) is 0 Å². The van der Waals surface area contributed by atoms with Crippen molar-refractivity contribution in [1.82, 2.24) is 4.98 Å². The van der Waals surface area contributed by atoms with Crippen LogP contribution in [0.2, 0.25) is 0 Å². The van der Waals surface area contributed by atoms with Crippen LogP contribution < -0.4 is 0 Å². The highest BCUT2D eigenvalue weighted by Gasteiger charge is 2.22. The van der Waals surface area contributed by atoms with E-state index in [1.807, 2.05) is 75.4 Å². The van der Waals surface area contributed by atoms with Crippen LogP contribution in [0.25, 0.3) is 22.2 Å². The van der Waals surface area contributed by atoms with Crippen molar-refractivity contribution >= 4 is 16.7 Å². The molecule has 1 aromatic heterocycles. The minimum absolute atomic E-state index is 0.243. The summed E-state index contributed by atoms with van der Waals surface area (Å²) in [5.41, 5.74) is 3.64. The van der Waals surface area contributed by atoms with Gasteiger partial charge in [-0.25, -0.2) is 4.98 Å². The summed E-state index contributed by atoms with van der Waals surface area (Å²) in [4.78, 5) is 17.3. The lowest BCUT2D eigenvalue weighted by Crippen LogP contribution is -2.22. The number of pyridine rings is 1. The maximum atomic E-state index is 12.5. The zero-order valence-corrected chi connectivity index (χ0v) is 13.8. The van der Waals surface area contributed by atoms with Gasteiger partial charge in [-0.3, -0.25) is 4.79 Å². The number of rotatable bonds is 3. The number of aromatic nitrogens is 1. The quantitative estimate of drug-likeness (QED) is 0.677. The van der Waals surface area contributed by atoms with Crippen LogP contribution in [0.4, 0.5) is 0 Å². The Bertz CT molecular complexity index is 845. The number of hydrogen-bond donors (Lipinski definition) is 0. The maximum Gasteiger partial charge on any atom is 0.142 e. The number of carbonyl (C=O) groups is 1. The van der Waals surface area contributed by atoms with E-state index in [2.05, 4.69) is 6.07 Å². The fraction of sp³-hybridized carbons (Fsp3) is 0.238. The second-order valence-corrected chi connectivity index (χ2v) is 6.90. The molecule has 0 saturated heterocycles. The van der Waals surface area contributed by atoms with Crippen molar-refractivity contribution < 1.29 is 4.79 Å². The summed E-state index contributed by atoms with van der Waals surface area (Å²) in [6, 6.07) is 20.2. The van der Waals surface area contributed by atoms with Crippen molar-refractivity contribution in [1.29, 1.82) is 0 Å².